The Bertz CT molecular complexity index is 757. The lowest BCUT2D eigenvalue weighted by Crippen LogP contribution is -2.06. The zero-order chi connectivity index (χ0) is 15.5. The summed E-state index contributed by atoms with van der Waals surface area (Å²) in [5.41, 5.74) is 3.10. The molecule has 0 radical (unpaired) electrons. The van der Waals surface area contributed by atoms with Crippen LogP contribution in [0.4, 0.5) is 0 Å². The van der Waals surface area contributed by atoms with Gasteiger partial charge in [-0.15, -0.1) is 5.10 Å². The first kappa shape index (κ1) is 14.6. The van der Waals surface area contributed by atoms with Gasteiger partial charge in [-0.25, -0.2) is 9.97 Å². The molecule has 0 saturated heterocycles. The second-order valence-corrected chi connectivity index (χ2v) is 5.44. The molecule has 3 rings (SSSR count). The molecule has 0 N–H and O–H groups in total. The normalized spacial score (nSPS) is 13.5. The molecular weight excluding hydrogens is 302 g/mol. The van der Waals surface area contributed by atoms with Gasteiger partial charge in [0.25, 0.3) is 0 Å². The predicted octanol–water partition coefficient (Wildman–Crippen LogP) is 3.75. The molecule has 1 aliphatic heterocycles. The number of rotatable bonds is 4. The molecule has 7 heteroatoms. The van der Waals surface area contributed by atoms with Crippen LogP contribution in [-0.2, 0) is 0 Å². The Labute approximate surface area is 132 Å². The van der Waals surface area contributed by atoms with Gasteiger partial charge < -0.3 is 4.74 Å². The number of halogens is 1. The first-order valence-electron chi connectivity index (χ1n) is 6.86. The third-order valence-electron chi connectivity index (χ3n) is 3.00. The molecule has 1 aromatic heterocycles. The van der Waals surface area contributed by atoms with Gasteiger partial charge >= 0.3 is 0 Å². The van der Waals surface area contributed by atoms with Crippen LogP contribution in [0.2, 0.25) is 5.02 Å². The van der Waals surface area contributed by atoms with Crippen LogP contribution in [0.25, 0.3) is 11.3 Å². The van der Waals surface area contributed by atoms with E-state index in [1.54, 1.807) is 0 Å². The zero-order valence-corrected chi connectivity index (χ0v) is 12.9. The van der Waals surface area contributed by atoms with Crippen molar-refractivity contribution < 1.29 is 4.74 Å². The Morgan fingerprint density at radius 1 is 1.14 bits per heavy atom. The average Bonchev–Trinajstić information content (AvgIpc) is 3.03. The van der Waals surface area contributed by atoms with Gasteiger partial charge in [-0.3, -0.25) is 0 Å². The molecule has 112 valence electrons. The van der Waals surface area contributed by atoms with E-state index in [1.165, 1.54) is 6.33 Å². The van der Waals surface area contributed by atoms with Crippen LogP contribution < -0.4 is 4.74 Å². The fraction of sp³-hybridized carbons (Fsp3) is 0.267. The molecule has 0 saturated carbocycles. The van der Waals surface area contributed by atoms with Crippen molar-refractivity contribution in [1.82, 2.24) is 9.97 Å². The summed E-state index contributed by atoms with van der Waals surface area (Å²) in [6.07, 6.45) is 1.57. The molecule has 0 fully saturated rings. The van der Waals surface area contributed by atoms with Crippen molar-refractivity contribution in [3.05, 3.63) is 41.3 Å². The molecular formula is C15H14ClN5O. The van der Waals surface area contributed by atoms with Crippen molar-refractivity contribution in [2.75, 3.05) is 6.54 Å². The first-order chi connectivity index (χ1) is 10.6. The summed E-state index contributed by atoms with van der Waals surface area (Å²) in [5.74, 6) is 0.660. The van der Waals surface area contributed by atoms with Crippen LogP contribution >= 0.6 is 11.6 Å². The van der Waals surface area contributed by atoms with E-state index >= 15 is 0 Å². The molecule has 0 amide bonds. The van der Waals surface area contributed by atoms with E-state index in [0.717, 1.165) is 17.0 Å². The van der Waals surface area contributed by atoms with Crippen LogP contribution in [0.3, 0.4) is 0 Å². The maximum Gasteiger partial charge on any atom is 0.138 e. The van der Waals surface area contributed by atoms with Crippen LogP contribution in [0.15, 0.2) is 46.0 Å². The second kappa shape index (κ2) is 6.19. The van der Waals surface area contributed by atoms with Gasteiger partial charge in [-0.1, -0.05) is 11.6 Å². The van der Waals surface area contributed by atoms with E-state index in [9.17, 15) is 0 Å². The lowest BCUT2D eigenvalue weighted by molar-refractivity contribution is 0.242. The monoisotopic (exact) mass is 315 g/mol. The highest BCUT2D eigenvalue weighted by molar-refractivity contribution is 6.32. The number of ether oxygens (including phenoxy) is 1. The predicted molar refractivity (Wildman–Crippen MR) is 84.5 cm³/mol. The molecule has 0 bridgehead atoms. The number of hydrogen-bond donors (Lipinski definition) is 0. The van der Waals surface area contributed by atoms with Gasteiger partial charge in [0, 0.05) is 5.56 Å². The summed E-state index contributed by atoms with van der Waals surface area (Å²) in [5, 5.41) is 11.9. The summed E-state index contributed by atoms with van der Waals surface area (Å²) >= 11 is 6.27. The number of hydrogen-bond acceptors (Lipinski definition) is 6. The Kier molecular flexibility index (Phi) is 4.11. The molecule has 1 aromatic carbocycles. The highest BCUT2D eigenvalue weighted by atomic mass is 35.5. The fourth-order valence-electron chi connectivity index (χ4n) is 2.03. The maximum absolute atomic E-state index is 6.27. The average molecular weight is 316 g/mol. The summed E-state index contributed by atoms with van der Waals surface area (Å²) in [4.78, 5) is 8.49. The minimum absolute atomic E-state index is 0.0712. The molecule has 0 aliphatic carbocycles. The van der Waals surface area contributed by atoms with E-state index in [0.29, 0.717) is 23.0 Å². The van der Waals surface area contributed by atoms with Crippen LogP contribution in [-0.4, -0.2) is 28.3 Å². The standard InChI is InChI=1S/C15H14ClN5O/c1-9(2)22-15-4-3-10(5-11(15)16)12-6-13(18-8-17-12)14-7-19-21-20-14/h3-6,8-9H,7H2,1-2H3. The molecule has 2 heterocycles. The van der Waals surface area contributed by atoms with Crippen molar-refractivity contribution in [2.45, 2.75) is 20.0 Å². The van der Waals surface area contributed by atoms with E-state index in [-0.39, 0.29) is 6.10 Å². The summed E-state index contributed by atoms with van der Waals surface area (Å²) in [7, 11) is 0. The van der Waals surface area contributed by atoms with Gasteiger partial charge in [-0.05, 0) is 43.3 Å². The molecule has 0 spiro atoms. The molecule has 1 aliphatic rings. The highest BCUT2D eigenvalue weighted by Gasteiger charge is 2.12. The fourth-order valence-corrected chi connectivity index (χ4v) is 2.26. The van der Waals surface area contributed by atoms with Crippen molar-refractivity contribution in [3.8, 4) is 17.0 Å². The topological polar surface area (TPSA) is 72.1 Å². The smallest absolute Gasteiger partial charge is 0.138 e. The summed E-state index contributed by atoms with van der Waals surface area (Å²) in [6, 6.07) is 7.44. The molecule has 0 atom stereocenters. The lowest BCUT2D eigenvalue weighted by atomic mass is 10.1. The van der Waals surface area contributed by atoms with Gasteiger partial charge in [0.05, 0.1) is 22.5 Å². The van der Waals surface area contributed by atoms with Crippen molar-refractivity contribution in [3.63, 3.8) is 0 Å². The third-order valence-corrected chi connectivity index (χ3v) is 3.30. The van der Waals surface area contributed by atoms with Crippen LogP contribution in [0.5, 0.6) is 5.75 Å². The first-order valence-corrected chi connectivity index (χ1v) is 7.23. The zero-order valence-electron chi connectivity index (χ0n) is 12.2. The molecule has 6 nitrogen and oxygen atoms in total. The highest BCUT2D eigenvalue weighted by Crippen LogP contribution is 2.30. The summed E-state index contributed by atoms with van der Waals surface area (Å²) in [6.45, 7) is 4.36. The summed E-state index contributed by atoms with van der Waals surface area (Å²) < 4.78 is 5.63. The van der Waals surface area contributed by atoms with E-state index < -0.39 is 0 Å². The van der Waals surface area contributed by atoms with Gasteiger partial charge in [-0.2, -0.15) is 5.11 Å². The molecule has 0 unspecified atom stereocenters. The maximum atomic E-state index is 6.27. The second-order valence-electron chi connectivity index (χ2n) is 5.04. The number of benzene rings is 1. The van der Waals surface area contributed by atoms with Crippen molar-refractivity contribution >= 4 is 17.3 Å². The minimum atomic E-state index is 0.0712. The SMILES string of the molecule is CC(C)Oc1ccc(-c2cc(C3=NN=NC3)ncn2)cc1Cl. The minimum Gasteiger partial charge on any atom is -0.489 e. The Balaban J connectivity index is 1.91. The molecule has 2 aromatic rings. The molecule has 22 heavy (non-hydrogen) atoms. The Morgan fingerprint density at radius 3 is 2.64 bits per heavy atom. The lowest BCUT2D eigenvalue weighted by Gasteiger charge is -2.12. The largest absolute Gasteiger partial charge is 0.489 e. The van der Waals surface area contributed by atoms with Crippen molar-refractivity contribution in [2.24, 2.45) is 15.4 Å². The van der Waals surface area contributed by atoms with Crippen LogP contribution in [0, 0.1) is 0 Å². The van der Waals surface area contributed by atoms with Gasteiger partial charge in [0.15, 0.2) is 0 Å². The Morgan fingerprint density at radius 2 is 1.95 bits per heavy atom. The van der Waals surface area contributed by atoms with E-state index in [1.807, 2.05) is 38.1 Å². The third kappa shape index (κ3) is 3.12. The van der Waals surface area contributed by atoms with E-state index in [4.69, 9.17) is 16.3 Å². The van der Waals surface area contributed by atoms with Crippen LogP contribution in [0.1, 0.15) is 19.5 Å². The quantitative estimate of drug-likeness (QED) is 0.862. The van der Waals surface area contributed by atoms with Crippen molar-refractivity contribution in [1.29, 1.82) is 0 Å². The van der Waals surface area contributed by atoms with Gasteiger partial charge in [0.1, 0.15) is 24.3 Å². The number of aromatic nitrogens is 2. The van der Waals surface area contributed by atoms with E-state index in [2.05, 4.69) is 25.4 Å². The van der Waals surface area contributed by atoms with Gasteiger partial charge in [0.2, 0.25) is 0 Å². The Hall–Kier alpha value is -2.34. The number of nitrogens with zero attached hydrogens (tertiary/aromatic N) is 5.